The number of thioether (sulfide) groups is 1. The number of anilines is 1. The smallest absolute Gasteiger partial charge is 0.234 e. The fourth-order valence-electron chi connectivity index (χ4n) is 1.71. The van der Waals surface area contributed by atoms with E-state index in [9.17, 15) is 4.79 Å². The first-order valence-electron chi connectivity index (χ1n) is 6.29. The number of benzene rings is 2. The number of hydrogen-bond acceptors (Lipinski definition) is 4. The number of nitriles is 1. The summed E-state index contributed by atoms with van der Waals surface area (Å²) in [5, 5.41) is 11.5. The van der Waals surface area contributed by atoms with Crippen LogP contribution in [0.25, 0.3) is 0 Å². The number of rotatable bonds is 5. The van der Waals surface area contributed by atoms with E-state index in [0.29, 0.717) is 17.0 Å². The standard InChI is InChI=1S/C16H14N2O2S/c1-20-14-4-2-3-5-15(14)21-11-16(19)18-13-8-6-12(10-17)7-9-13/h2-9H,11H2,1H3,(H,18,19). The number of amides is 1. The average molecular weight is 298 g/mol. The Morgan fingerprint density at radius 3 is 2.62 bits per heavy atom. The number of ether oxygens (including phenoxy) is 1. The molecule has 5 heteroatoms. The Labute approximate surface area is 127 Å². The summed E-state index contributed by atoms with van der Waals surface area (Å²) in [5.41, 5.74) is 1.25. The molecule has 0 atom stereocenters. The summed E-state index contributed by atoms with van der Waals surface area (Å²) in [5.74, 6) is 0.949. The molecule has 0 unspecified atom stereocenters. The number of hydrogen-bond donors (Lipinski definition) is 1. The van der Waals surface area contributed by atoms with Gasteiger partial charge < -0.3 is 10.1 Å². The van der Waals surface area contributed by atoms with Gasteiger partial charge in [-0.1, -0.05) is 12.1 Å². The molecule has 2 aromatic carbocycles. The van der Waals surface area contributed by atoms with Crippen molar-refractivity contribution in [3.05, 3.63) is 54.1 Å². The number of nitrogens with zero attached hydrogens (tertiary/aromatic N) is 1. The molecule has 106 valence electrons. The minimum Gasteiger partial charge on any atom is -0.496 e. The van der Waals surface area contributed by atoms with Gasteiger partial charge in [0, 0.05) is 10.6 Å². The quantitative estimate of drug-likeness (QED) is 0.860. The maximum absolute atomic E-state index is 11.9. The molecule has 4 nitrogen and oxygen atoms in total. The van der Waals surface area contributed by atoms with Crippen molar-refractivity contribution in [2.24, 2.45) is 0 Å². The van der Waals surface area contributed by atoms with Crippen molar-refractivity contribution >= 4 is 23.4 Å². The van der Waals surface area contributed by atoms with E-state index in [2.05, 4.69) is 5.32 Å². The van der Waals surface area contributed by atoms with Gasteiger partial charge >= 0.3 is 0 Å². The van der Waals surface area contributed by atoms with Gasteiger partial charge in [-0.05, 0) is 36.4 Å². The highest BCUT2D eigenvalue weighted by atomic mass is 32.2. The van der Waals surface area contributed by atoms with Crippen LogP contribution in [0.2, 0.25) is 0 Å². The van der Waals surface area contributed by atoms with Crippen molar-refractivity contribution in [2.45, 2.75) is 4.90 Å². The first-order valence-corrected chi connectivity index (χ1v) is 7.27. The Balaban J connectivity index is 1.91. The molecule has 0 aliphatic rings. The summed E-state index contributed by atoms with van der Waals surface area (Å²) >= 11 is 1.42. The average Bonchev–Trinajstić information content (AvgIpc) is 2.54. The molecule has 0 bridgehead atoms. The Bertz CT molecular complexity index is 663. The molecule has 21 heavy (non-hydrogen) atoms. The van der Waals surface area contributed by atoms with Crippen LogP contribution in [0, 0.1) is 11.3 Å². The molecule has 0 aromatic heterocycles. The highest BCUT2D eigenvalue weighted by Gasteiger charge is 2.07. The Kier molecular flexibility index (Phi) is 5.24. The molecule has 0 saturated heterocycles. The summed E-state index contributed by atoms with van der Waals surface area (Å²) in [7, 11) is 1.61. The predicted octanol–water partition coefficient (Wildman–Crippen LogP) is 3.30. The zero-order valence-corrected chi connectivity index (χ0v) is 12.3. The van der Waals surface area contributed by atoms with Crippen LogP contribution in [0.15, 0.2) is 53.4 Å². The first kappa shape index (κ1) is 14.9. The lowest BCUT2D eigenvalue weighted by atomic mass is 10.2. The number of carbonyl (C=O) groups is 1. The maximum Gasteiger partial charge on any atom is 0.234 e. The molecule has 0 spiro atoms. The SMILES string of the molecule is COc1ccccc1SCC(=O)Nc1ccc(C#N)cc1. The van der Waals surface area contributed by atoms with Crippen LogP contribution < -0.4 is 10.1 Å². The van der Waals surface area contributed by atoms with Crippen molar-refractivity contribution in [2.75, 3.05) is 18.2 Å². The Morgan fingerprint density at radius 1 is 1.24 bits per heavy atom. The molecule has 0 radical (unpaired) electrons. The third kappa shape index (κ3) is 4.26. The lowest BCUT2D eigenvalue weighted by Gasteiger charge is -2.08. The van der Waals surface area contributed by atoms with Crippen LogP contribution in [0.1, 0.15) is 5.56 Å². The Morgan fingerprint density at radius 2 is 1.95 bits per heavy atom. The summed E-state index contributed by atoms with van der Waals surface area (Å²) in [6.45, 7) is 0. The van der Waals surface area contributed by atoms with Gasteiger partial charge in [-0.3, -0.25) is 4.79 Å². The molecule has 0 aliphatic heterocycles. The zero-order valence-electron chi connectivity index (χ0n) is 11.5. The third-order valence-electron chi connectivity index (χ3n) is 2.73. The van der Waals surface area contributed by atoms with Crippen molar-refractivity contribution < 1.29 is 9.53 Å². The number of nitrogens with one attached hydrogen (secondary N) is 1. The Hall–Kier alpha value is -2.45. The topological polar surface area (TPSA) is 62.1 Å². The molecular weight excluding hydrogens is 284 g/mol. The van der Waals surface area contributed by atoms with E-state index in [1.54, 1.807) is 31.4 Å². The largest absolute Gasteiger partial charge is 0.496 e. The van der Waals surface area contributed by atoms with Gasteiger partial charge in [0.15, 0.2) is 0 Å². The predicted molar refractivity (Wildman–Crippen MR) is 83.5 cm³/mol. The third-order valence-corrected chi connectivity index (χ3v) is 3.78. The fraction of sp³-hybridized carbons (Fsp3) is 0.125. The van der Waals surface area contributed by atoms with Gasteiger partial charge in [0.2, 0.25) is 5.91 Å². The van der Waals surface area contributed by atoms with E-state index >= 15 is 0 Å². The second kappa shape index (κ2) is 7.36. The van der Waals surface area contributed by atoms with E-state index in [-0.39, 0.29) is 5.91 Å². The molecule has 2 rings (SSSR count). The second-order valence-electron chi connectivity index (χ2n) is 4.18. The van der Waals surface area contributed by atoms with Gasteiger partial charge in [-0.2, -0.15) is 5.26 Å². The number of carbonyl (C=O) groups excluding carboxylic acids is 1. The van der Waals surface area contributed by atoms with Crippen molar-refractivity contribution in [3.63, 3.8) is 0 Å². The molecule has 0 aliphatic carbocycles. The fourth-order valence-corrected chi connectivity index (χ4v) is 2.53. The summed E-state index contributed by atoms with van der Waals surface area (Å²) in [4.78, 5) is 12.8. The van der Waals surface area contributed by atoms with Crippen LogP contribution in [-0.2, 0) is 4.79 Å². The van der Waals surface area contributed by atoms with Crippen LogP contribution in [0.5, 0.6) is 5.75 Å². The van der Waals surface area contributed by atoms with E-state index in [0.717, 1.165) is 10.6 Å². The summed E-state index contributed by atoms with van der Waals surface area (Å²) in [6, 6.07) is 16.4. The van der Waals surface area contributed by atoms with Crippen LogP contribution >= 0.6 is 11.8 Å². The minimum absolute atomic E-state index is 0.101. The minimum atomic E-state index is -0.101. The monoisotopic (exact) mass is 298 g/mol. The van der Waals surface area contributed by atoms with Crippen LogP contribution in [-0.4, -0.2) is 18.8 Å². The highest BCUT2D eigenvalue weighted by Crippen LogP contribution is 2.28. The van der Waals surface area contributed by atoms with Gasteiger partial charge in [0.1, 0.15) is 5.75 Å². The van der Waals surface area contributed by atoms with Gasteiger partial charge in [-0.15, -0.1) is 11.8 Å². The zero-order chi connectivity index (χ0) is 15.1. The van der Waals surface area contributed by atoms with E-state index in [1.165, 1.54) is 11.8 Å². The summed E-state index contributed by atoms with van der Waals surface area (Å²) in [6.07, 6.45) is 0. The molecule has 0 heterocycles. The van der Waals surface area contributed by atoms with Gasteiger partial charge in [0.25, 0.3) is 0 Å². The van der Waals surface area contributed by atoms with E-state index < -0.39 is 0 Å². The summed E-state index contributed by atoms with van der Waals surface area (Å²) < 4.78 is 5.24. The maximum atomic E-state index is 11.9. The molecule has 0 fully saturated rings. The van der Waals surface area contributed by atoms with Crippen LogP contribution in [0.3, 0.4) is 0 Å². The first-order chi connectivity index (χ1) is 10.2. The van der Waals surface area contributed by atoms with Crippen molar-refractivity contribution in [1.82, 2.24) is 0 Å². The normalized spacial score (nSPS) is 9.71. The second-order valence-corrected chi connectivity index (χ2v) is 5.19. The number of methoxy groups -OCH3 is 1. The molecule has 2 aromatic rings. The van der Waals surface area contributed by atoms with Gasteiger partial charge in [-0.25, -0.2) is 0 Å². The van der Waals surface area contributed by atoms with E-state index in [1.807, 2.05) is 30.3 Å². The van der Waals surface area contributed by atoms with Crippen LogP contribution in [0.4, 0.5) is 5.69 Å². The van der Waals surface area contributed by atoms with Crippen molar-refractivity contribution in [1.29, 1.82) is 5.26 Å². The van der Waals surface area contributed by atoms with Gasteiger partial charge in [0.05, 0.1) is 24.5 Å². The lowest BCUT2D eigenvalue weighted by Crippen LogP contribution is -2.13. The molecule has 1 N–H and O–H groups in total. The molecule has 1 amide bonds. The number of para-hydroxylation sites is 1. The molecule has 0 saturated carbocycles. The van der Waals surface area contributed by atoms with E-state index in [4.69, 9.17) is 10.00 Å². The lowest BCUT2D eigenvalue weighted by molar-refractivity contribution is -0.113. The molecular formula is C16H14N2O2S. The van der Waals surface area contributed by atoms with Crippen molar-refractivity contribution in [3.8, 4) is 11.8 Å². The highest BCUT2D eigenvalue weighted by molar-refractivity contribution is 8.00.